The van der Waals surface area contributed by atoms with Gasteiger partial charge in [-0.15, -0.1) is 0 Å². The summed E-state index contributed by atoms with van der Waals surface area (Å²) in [5.74, 6) is -0.502. The summed E-state index contributed by atoms with van der Waals surface area (Å²) < 4.78 is 7.09. The van der Waals surface area contributed by atoms with E-state index in [4.69, 9.17) is 10.5 Å². The first-order valence-corrected chi connectivity index (χ1v) is 7.93. The van der Waals surface area contributed by atoms with Crippen LogP contribution in [0.15, 0.2) is 59.8 Å². The number of hydrogen-bond donors (Lipinski definition) is 2. The minimum atomic E-state index is -1.07. The minimum absolute atomic E-state index is 0.0691. The number of benzene rings is 2. The molecule has 1 heterocycles. The van der Waals surface area contributed by atoms with Gasteiger partial charge in [-0.1, -0.05) is 30.3 Å². The molecule has 0 spiro atoms. The second kappa shape index (κ2) is 7.52. The summed E-state index contributed by atoms with van der Waals surface area (Å²) in [6.07, 6.45) is 3.20. The van der Waals surface area contributed by atoms with E-state index in [9.17, 15) is 9.90 Å². The van der Waals surface area contributed by atoms with Gasteiger partial charge in [0.15, 0.2) is 0 Å². The van der Waals surface area contributed by atoms with Gasteiger partial charge in [0, 0.05) is 0 Å². The Kier molecular flexibility index (Phi) is 4.98. The lowest BCUT2D eigenvalue weighted by Gasteiger charge is -2.10. The Hall–Kier alpha value is -3.61. The third-order valence-electron chi connectivity index (χ3n) is 3.64. The largest absolute Gasteiger partial charge is 0.488 e. The zero-order chi connectivity index (χ0) is 18.5. The molecule has 132 valence electrons. The van der Waals surface area contributed by atoms with Crippen molar-refractivity contribution in [3.8, 4) is 5.75 Å². The van der Waals surface area contributed by atoms with Crippen molar-refractivity contribution in [2.45, 2.75) is 13.5 Å². The summed E-state index contributed by atoms with van der Waals surface area (Å²) in [7, 11) is 0. The molecule has 0 fully saturated rings. The van der Waals surface area contributed by atoms with Crippen LogP contribution >= 0.6 is 0 Å². The lowest BCUT2D eigenvalue weighted by molar-refractivity contribution is 0.0691. The number of nitrogens with two attached hydrogens (primary N) is 1. The Bertz CT molecular complexity index is 949. The highest BCUT2D eigenvalue weighted by Crippen LogP contribution is 2.21. The topological polar surface area (TPSA) is 103 Å². The molecule has 0 aliphatic carbocycles. The number of ether oxygens (including phenoxy) is 1. The fraction of sp³-hybridized carbons (Fsp3) is 0.105. The highest BCUT2D eigenvalue weighted by molar-refractivity contribution is 5.93. The maximum Gasteiger partial charge on any atom is 0.339 e. The molecule has 7 heteroatoms. The first-order valence-electron chi connectivity index (χ1n) is 7.93. The Balaban J connectivity index is 1.80. The van der Waals surface area contributed by atoms with Gasteiger partial charge in [-0.2, -0.15) is 5.10 Å². The maximum absolute atomic E-state index is 11.6. The van der Waals surface area contributed by atoms with Gasteiger partial charge in [0.1, 0.15) is 17.9 Å². The second-order valence-electron chi connectivity index (χ2n) is 5.66. The van der Waals surface area contributed by atoms with Crippen LogP contribution in [0.25, 0.3) is 0 Å². The van der Waals surface area contributed by atoms with Crippen LogP contribution < -0.4 is 10.5 Å². The molecular formula is C19H18N4O3. The van der Waals surface area contributed by atoms with Gasteiger partial charge >= 0.3 is 5.97 Å². The van der Waals surface area contributed by atoms with E-state index >= 15 is 0 Å². The fourth-order valence-electron chi connectivity index (χ4n) is 2.38. The summed E-state index contributed by atoms with van der Waals surface area (Å²) in [6.45, 7) is 2.10. The van der Waals surface area contributed by atoms with Gasteiger partial charge in [0.25, 0.3) is 0 Å². The van der Waals surface area contributed by atoms with Crippen molar-refractivity contribution >= 4 is 18.1 Å². The fourth-order valence-corrected chi connectivity index (χ4v) is 2.38. The molecule has 0 saturated heterocycles. The van der Waals surface area contributed by atoms with Crippen LogP contribution in [-0.4, -0.2) is 27.0 Å². The number of carbonyl (C=O) groups is 1. The van der Waals surface area contributed by atoms with Crippen molar-refractivity contribution in [3.63, 3.8) is 0 Å². The van der Waals surface area contributed by atoms with Gasteiger partial charge in [-0.3, -0.25) is 0 Å². The van der Waals surface area contributed by atoms with Crippen LogP contribution in [0.4, 0.5) is 5.95 Å². The molecule has 3 rings (SSSR count). The number of carboxylic acid groups (broad SMARTS) is 1. The van der Waals surface area contributed by atoms with Crippen LogP contribution in [0.2, 0.25) is 0 Å². The Labute approximate surface area is 150 Å². The van der Waals surface area contributed by atoms with Gasteiger partial charge in [0.05, 0.1) is 18.1 Å². The molecule has 2 aromatic carbocycles. The van der Waals surface area contributed by atoms with E-state index in [1.54, 1.807) is 18.3 Å². The number of carboxylic acids is 1. The zero-order valence-corrected chi connectivity index (χ0v) is 14.2. The Morgan fingerprint density at radius 1 is 1.31 bits per heavy atom. The molecule has 0 saturated carbocycles. The van der Waals surface area contributed by atoms with Crippen molar-refractivity contribution in [3.05, 3.63) is 77.1 Å². The van der Waals surface area contributed by atoms with E-state index in [1.165, 1.54) is 17.0 Å². The molecule has 3 aromatic rings. The van der Waals surface area contributed by atoms with E-state index < -0.39 is 5.97 Å². The summed E-state index contributed by atoms with van der Waals surface area (Å²) in [4.78, 5) is 15.6. The average molecular weight is 350 g/mol. The number of aryl methyl sites for hydroxylation is 1. The monoisotopic (exact) mass is 350 g/mol. The predicted octanol–water partition coefficient (Wildman–Crippen LogP) is 2.93. The summed E-state index contributed by atoms with van der Waals surface area (Å²) in [5.41, 5.74) is 8.11. The van der Waals surface area contributed by atoms with Crippen LogP contribution in [0, 0.1) is 6.92 Å². The molecular weight excluding hydrogens is 332 g/mol. The van der Waals surface area contributed by atoms with Gasteiger partial charge < -0.3 is 15.6 Å². The molecule has 0 aliphatic heterocycles. The third kappa shape index (κ3) is 4.07. The molecule has 1 aromatic heterocycles. The molecule has 0 aliphatic rings. The molecule has 3 N–H and O–H groups in total. The number of hydrogen-bond acceptors (Lipinski definition) is 5. The van der Waals surface area contributed by atoms with E-state index in [1.807, 2.05) is 37.3 Å². The number of imidazole rings is 1. The van der Waals surface area contributed by atoms with E-state index in [0.717, 1.165) is 11.3 Å². The van der Waals surface area contributed by atoms with Crippen molar-refractivity contribution in [2.75, 3.05) is 5.73 Å². The molecule has 0 atom stereocenters. The van der Waals surface area contributed by atoms with Gasteiger partial charge in [-0.05, 0) is 36.2 Å². The zero-order valence-electron chi connectivity index (χ0n) is 14.2. The van der Waals surface area contributed by atoms with Crippen LogP contribution in [0.3, 0.4) is 0 Å². The molecule has 26 heavy (non-hydrogen) atoms. The van der Waals surface area contributed by atoms with Crippen molar-refractivity contribution in [1.29, 1.82) is 0 Å². The molecule has 0 amide bonds. The first-order chi connectivity index (χ1) is 12.5. The van der Waals surface area contributed by atoms with Crippen molar-refractivity contribution in [2.24, 2.45) is 5.10 Å². The highest BCUT2D eigenvalue weighted by atomic mass is 16.5. The summed E-state index contributed by atoms with van der Waals surface area (Å²) in [6, 6.07) is 14.4. The lowest BCUT2D eigenvalue weighted by atomic mass is 10.1. The van der Waals surface area contributed by atoms with Crippen LogP contribution in [0.1, 0.15) is 27.2 Å². The normalized spacial score (nSPS) is 11.0. The van der Waals surface area contributed by atoms with Crippen LogP contribution in [-0.2, 0) is 6.61 Å². The maximum atomic E-state index is 11.6. The summed E-state index contributed by atoms with van der Waals surface area (Å²) in [5, 5.41) is 13.7. The van der Waals surface area contributed by atoms with Gasteiger partial charge in [-0.25, -0.2) is 14.5 Å². The number of anilines is 1. The first kappa shape index (κ1) is 17.2. The highest BCUT2D eigenvalue weighted by Gasteiger charge is 2.12. The summed E-state index contributed by atoms with van der Waals surface area (Å²) >= 11 is 0. The van der Waals surface area contributed by atoms with E-state index in [2.05, 4.69) is 10.1 Å². The smallest absolute Gasteiger partial charge is 0.339 e. The predicted molar refractivity (Wildman–Crippen MR) is 98.5 cm³/mol. The molecule has 0 radical (unpaired) electrons. The number of aromatic nitrogens is 2. The van der Waals surface area contributed by atoms with Gasteiger partial charge in [0.2, 0.25) is 5.95 Å². The quantitative estimate of drug-likeness (QED) is 0.665. The van der Waals surface area contributed by atoms with Crippen LogP contribution in [0.5, 0.6) is 5.75 Å². The number of nitrogen functional groups attached to an aromatic ring is 1. The number of rotatable bonds is 6. The Morgan fingerprint density at radius 2 is 2.08 bits per heavy atom. The minimum Gasteiger partial charge on any atom is -0.488 e. The number of aromatic carboxylic acids is 1. The van der Waals surface area contributed by atoms with E-state index in [0.29, 0.717) is 17.9 Å². The second-order valence-corrected chi connectivity index (χ2v) is 5.66. The standard InChI is InChI=1S/C19H18N4O3/c1-13-11-23(19(20)22-13)21-10-15-7-8-17(16(9-15)18(24)25)26-12-14-5-3-2-4-6-14/h2-11H,12H2,1H3,(H2,20,22)(H,24,25). The molecule has 0 unspecified atom stereocenters. The van der Waals surface area contributed by atoms with Crippen molar-refractivity contribution in [1.82, 2.24) is 9.66 Å². The number of nitrogens with zero attached hydrogens (tertiary/aromatic N) is 3. The van der Waals surface area contributed by atoms with E-state index in [-0.39, 0.29) is 11.5 Å². The van der Waals surface area contributed by atoms with Crippen molar-refractivity contribution < 1.29 is 14.6 Å². The SMILES string of the molecule is Cc1cn(N=Cc2ccc(OCc3ccccc3)c(C(=O)O)c2)c(N)n1. The average Bonchev–Trinajstić information content (AvgIpc) is 2.96. The Morgan fingerprint density at radius 3 is 2.73 bits per heavy atom. The molecule has 7 nitrogen and oxygen atoms in total. The lowest BCUT2D eigenvalue weighted by Crippen LogP contribution is -2.04. The third-order valence-corrected chi connectivity index (χ3v) is 3.64. The molecule has 0 bridgehead atoms.